The fourth-order valence-corrected chi connectivity index (χ4v) is 1.35. The summed E-state index contributed by atoms with van der Waals surface area (Å²) in [5.41, 5.74) is 1.10. The monoisotopic (exact) mass is 165 g/mol. The molecule has 1 heterocycles. The Morgan fingerprint density at radius 1 is 1.67 bits per heavy atom. The maximum atomic E-state index is 4.41. The highest BCUT2D eigenvalue weighted by Gasteiger charge is 2.20. The summed E-state index contributed by atoms with van der Waals surface area (Å²) in [5.74, 6) is 1.14. The summed E-state index contributed by atoms with van der Waals surface area (Å²) in [6.45, 7) is 2.94. The van der Waals surface area contributed by atoms with E-state index in [4.69, 9.17) is 0 Å². The van der Waals surface area contributed by atoms with Gasteiger partial charge in [-0.1, -0.05) is 0 Å². The van der Waals surface area contributed by atoms with Crippen molar-refractivity contribution < 1.29 is 0 Å². The summed E-state index contributed by atoms with van der Waals surface area (Å²) in [6.07, 6.45) is 4.73. The lowest BCUT2D eigenvalue weighted by Crippen LogP contribution is -2.17. The Morgan fingerprint density at radius 2 is 2.42 bits per heavy atom. The zero-order valence-electron chi connectivity index (χ0n) is 7.67. The lowest BCUT2D eigenvalue weighted by molar-refractivity contribution is 0.635. The molecule has 0 aliphatic heterocycles. The van der Waals surface area contributed by atoms with Gasteiger partial charge in [0.25, 0.3) is 0 Å². The minimum atomic E-state index is 0.766. The molecule has 0 unspecified atom stereocenters. The molecule has 1 saturated carbocycles. The van der Waals surface area contributed by atoms with Crippen LogP contribution in [0.5, 0.6) is 0 Å². The van der Waals surface area contributed by atoms with Gasteiger partial charge in [-0.3, -0.25) is 0 Å². The predicted octanol–water partition coefficient (Wildman–Crippen LogP) is 0.981. The van der Waals surface area contributed by atoms with Gasteiger partial charge in [0.1, 0.15) is 5.82 Å². The minimum absolute atomic E-state index is 0.766. The number of rotatable bonds is 3. The molecule has 0 spiro atoms. The molecule has 1 aromatic heterocycles. The van der Waals surface area contributed by atoms with Crippen LogP contribution in [0.4, 0.5) is 0 Å². The zero-order chi connectivity index (χ0) is 8.55. The Hall–Kier alpha value is -0.830. The highest BCUT2D eigenvalue weighted by atomic mass is 15.1. The lowest BCUT2D eigenvalue weighted by atomic mass is 10.5. The average molecular weight is 165 g/mol. The van der Waals surface area contributed by atoms with Gasteiger partial charge in [-0.2, -0.15) is 0 Å². The number of aryl methyl sites for hydroxylation is 2. The van der Waals surface area contributed by atoms with Crippen molar-refractivity contribution >= 4 is 0 Å². The normalized spacial score (nSPS) is 16.8. The van der Waals surface area contributed by atoms with E-state index in [0.29, 0.717) is 0 Å². The number of nitrogens with zero attached hydrogens (tertiary/aromatic N) is 2. The molecule has 0 amide bonds. The maximum absolute atomic E-state index is 4.41. The van der Waals surface area contributed by atoms with Gasteiger partial charge in [0.2, 0.25) is 0 Å². The van der Waals surface area contributed by atoms with E-state index in [-0.39, 0.29) is 0 Å². The van der Waals surface area contributed by atoms with E-state index in [1.54, 1.807) is 0 Å². The van der Waals surface area contributed by atoms with Crippen LogP contribution in [0, 0.1) is 6.92 Å². The number of imidazole rings is 1. The summed E-state index contributed by atoms with van der Waals surface area (Å²) in [6, 6.07) is 0.766. The van der Waals surface area contributed by atoms with Gasteiger partial charge in [0.05, 0.1) is 12.2 Å². The molecule has 1 N–H and O–H groups in total. The molecule has 3 nitrogen and oxygen atoms in total. The van der Waals surface area contributed by atoms with Gasteiger partial charge in [0, 0.05) is 19.3 Å². The second-order valence-electron chi connectivity index (χ2n) is 3.56. The molecule has 0 bridgehead atoms. The van der Waals surface area contributed by atoms with Crippen LogP contribution < -0.4 is 5.32 Å². The largest absolute Gasteiger partial charge is 0.337 e. The second-order valence-corrected chi connectivity index (χ2v) is 3.56. The van der Waals surface area contributed by atoms with E-state index in [2.05, 4.69) is 21.1 Å². The Kier molecular flexibility index (Phi) is 1.89. The molecular formula is C9H15N3. The first-order valence-corrected chi connectivity index (χ1v) is 4.48. The first-order chi connectivity index (χ1) is 5.75. The van der Waals surface area contributed by atoms with Gasteiger partial charge < -0.3 is 9.88 Å². The molecule has 3 heteroatoms. The van der Waals surface area contributed by atoms with Crippen LogP contribution in [0.3, 0.4) is 0 Å². The number of nitrogens with one attached hydrogen (secondary N) is 1. The van der Waals surface area contributed by atoms with Gasteiger partial charge in [0.15, 0.2) is 0 Å². The molecule has 1 aromatic rings. The summed E-state index contributed by atoms with van der Waals surface area (Å²) in [4.78, 5) is 4.41. The van der Waals surface area contributed by atoms with Crippen LogP contribution in [0.1, 0.15) is 24.4 Å². The van der Waals surface area contributed by atoms with Crippen LogP contribution in [0.15, 0.2) is 6.20 Å². The summed E-state index contributed by atoms with van der Waals surface area (Å²) in [5, 5.41) is 3.44. The molecular weight excluding hydrogens is 150 g/mol. The Balaban J connectivity index is 1.96. The second kappa shape index (κ2) is 2.90. The maximum Gasteiger partial charge on any atom is 0.122 e. The molecule has 66 valence electrons. The molecule has 1 aliphatic rings. The third-order valence-corrected chi connectivity index (χ3v) is 2.22. The topological polar surface area (TPSA) is 29.9 Å². The number of hydrogen-bond donors (Lipinski definition) is 1. The van der Waals surface area contributed by atoms with Crippen LogP contribution in [0.25, 0.3) is 0 Å². The van der Waals surface area contributed by atoms with Crippen molar-refractivity contribution in [3.8, 4) is 0 Å². The third-order valence-electron chi connectivity index (χ3n) is 2.22. The molecule has 12 heavy (non-hydrogen) atoms. The molecule has 0 saturated heterocycles. The summed E-state index contributed by atoms with van der Waals surface area (Å²) < 4.78 is 2.09. The van der Waals surface area contributed by atoms with Gasteiger partial charge in [-0.05, 0) is 19.8 Å². The van der Waals surface area contributed by atoms with Crippen molar-refractivity contribution in [3.63, 3.8) is 0 Å². The van der Waals surface area contributed by atoms with Crippen LogP contribution in [-0.4, -0.2) is 15.6 Å². The van der Waals surface area contributed by atoms with Gasteiger partial charge in [-0.25, -0.2) is 4.98 Å². The van der Waals surface area contributed by atoms with E-state index in [9.17, 15) is 0 Å². The van der Waals surface area contributed by atoms with Gasteiger partial charge in [-0.15, -0.1) is 0 Å². The van der Waals surface area contributed by atoms with Crippen molar-refractivity contribution in [1.82, 2.24) is 14.9 Å². The summed E-state index contributed by atoms with van der Waals surface area (Å²) >= 11 is 0. The third kappa shape index (κ3) is 1.67. The average Bonchev–Trinajstić information content (AvgIpc) is 2.76. The fourth-order valence-electron chi connectivity index (χ4n) is 1.35. The molecule has 1 aliphatic carbocycles. The van der Waals surface area contributed by atoms with Crippen molar-refractivity contribution in [2.45, 2.75) is 32.4 Å². The van der Waals surface area contributed by atoms with E-state index in [1.807, 2.05) is 14.0 Å². The predicted molar refractivity (Wildman–Crippen MR) is 47.8 cm³/mol. The van der Waals surface area contributed by atoms with Crippen LogP contribution in [0.2, 0.25) is 0 Å². The quantitative estimate of drug-likeness (QED) is 0.723. The first kappa shape index (κ1) is 7.80. The lowest BCUT2D eigenvalue weighted by Gasteiger charge is -2.01. The van der Waals surface area contributed by atoms with Crippen LogP contribution >= 0.6 is 0 Å². The number of hydrogen-bond acceptors (Lipinski definition) is 2. The van der Waals surface area contributed by atoms with Crippen molar-refractivity contribution in [2.24, 2.45) is 7.05 Å². The molecule has 0 atom stereocenters. The summed E-state index contributed by atoms with van der Waals surface area (Å²) in [7, 11) is 2.05. The molecule has 0 radical (unpaired) electrons. The Bertz CT molecular complexity index is 273. The van der Waals surface area contributed by atoms with Crippen molar-refractivity contribution in [1.29, 1.82) is 0 Å². The number of aromatic nitrogens is 2. The molecule has 2 rings (SSSR count). The van der Waals surface area contributed by atoms with Crippen molar-refractivity contribution in [3.05, 3.63) is 17.7 Å². The van der Waals surface area contributed by atoms with Crippen molar-refractivity contribution in [2.75, 3.05) is 0 Å². The molecule has 1 fully saturated rings. The van der Waals surface area contributed by atoms with E-state index < -0.39 is 0 Å². The standard InChI is InChI=1S/C9H15N3/c1-7-6-12(2)9(11-7)5-10-8-3-4-8/h6,8,10H,3-5H2,1-2H3. The minimum Gasteiger partial charge on any atom is -0.337 e. The molecule has 0 aromatic carbocycles. The van der Waals surface area contributed by atoms with Gasteiger partial charge >= 0.3 is 0 Å². The van der Waals surface area contributed by atoms with Crippen LogP contribution in [-0.2, 0) is 13.6 Å². The van der Waals surface area contributed by atoms with E-state index >= 15 is 0 Å². The van der Waals surface area contributed by atoms with E-state index in [0.717, 1.165) is 24.1 Å². The van der Waals surface area contributed by atoms with E-state index in [1.165, 1.54) is 12.8 Å². The fraction of sp³-hybridized carbons (Fsp3) is 0.667. The highest BCUT2D eigenvalue weighted by Crippen LogP contribution is 2.18. The SMILES string of the molecule is Cc1cn(C)c(CNC2CC2)n1. The Labute approximate surface area is 72.8 Å². The Morgan fingerprint density at radius 3 is 2.92 bits per heavy atom. The highest BCUT2D eigenvalue weighted by molar-refractivity contribution is 5.01. The smallest absolute Gasteiger partial charge is 0.122 e. The first-order valence-electron chi connectivity index (χ1n) is 4.48. The zero-order valence-corrected chi connectivity index (χ0v) is 7.67.